The molecule has 0 fully saturated rings. The molecule has 2 aromatic carbocycles. The Morgan fingerprint density at radius 3 is 2.57 bits per heavy atom. The van der Waals surface area contributed by atoms with E-state index in [4.69, 9.17) is 34.3 Å². The Hall–Kier alpha value is -2.17. The van der Waals surface area contributed by atoms with Crippen molar-refractivity contribution in [3.63, 3.8) is 0 Å². The number of para-hydroxylation sites is 1. The molecule has 5 heteroatoms. The molecule has 0 saturated heterocycles. The molecule has 3 nitrogen and oxygen atoms in total. The molecule has 0 aliphatic rings. The van der Waals surface area contributed by atoms with E-state index < -0.39 is 0 Å². The summed E-state index contributed by atoms with van der Waals surface area (Å²) in [6.07, 6.45) is 1.72. The Morgan fingerprint density at radius 1 is 1.05 bits per heavy atom. The molecule has 0 atom stereocenters. The lowest BCUT2D eigenvalue weighted by molar-refractivity contribution is 0.486. The van der Waals surface area contributed by atoms with E-state index >= 15 is 0 Å². The van der Waals surface area contributed by atoms with Crippen molar-refractivity contribution < 1.29 is 4.74 Å². The second-order valence-corrected chi connectivity index (χ2v) is 5.26. The predicted octanol–water partition coefficient (Wildman–Crippen LogP) is 4.31. The van der Waals surface area contributed by atoms with Crippen molar-refractivity contribution in [3.05, 3.63) is 65.3 Å². The number of halogens is 1. The number of nitrogens with zero attached hydrogens (tertiary/aromatic N) is 1. The lowest BCUT2D eigenvalue weighted by Crippen LogP contribution is -2.11. The van der Waals surface area contributed by atoms with Gasteiger partial charge in [-0.2, -0.15) is 0 Å². The highest BCUT2D eigenvalue weighted by Crippen LogP contribution is 2.33. The number of benzene rings is 2. The zero-order valence-corrected chi connectivity index (χ0v) is 12.5. The van der Waals surface area contributed by atoms with E-state index in [0.29, 0.717) is 22.1 Å². The van der Waals surface area contributed by atoms with E-state index in [1.54, 1.807) is 24.4 Å². The van der Waals surface area contributed by atoms with Gasteiger partial charge in [-0.15, -0.1) is 0 Å². The minimum Gasteiger partial charge on any atom is -0.454 e. The average molecular weight is 315 g/mol. The number of pyridine rings is 1. The summed E-state index contributed by atoms with van der Waals surface area (Å²) >= 11 is 11.2. The van der Waals surface area contributed by atoms with Crippen molar-refractivity contribution in [3.8, 4) is 11.5 Å². The molecule has 3 rings (SSSR count). The maximum Gasteiger partial charge on any atom is 0.153 e. The van der Waals surface area contributed by atoms with E-state index in [1.807, 2.05) is 30.3 Å². The van der Waals surface area contributed by atoms with E-state index in [0.717, 1.165) is 10.9 Å². The van der Waals surface area contributed by atoms with Gasteiger partial charge in [0.25, 0.3) is 0 Å². The van der Waals surface area contributed by atoms with Crippen molar-refractivity contribution in [1.82, 2.24) is 4.98 Å². The second kappa shape index (κ2) is 5.68. The summed E-state index contributed by atoms with van der Waals surface area (Å²) in [5.74, 6) is 1.15. The molecule has 0 aliphatic heterocycles. The van der Waals surface area contributed by atoms with Gasteiger partial charge in [-0.3, -0.25) is 4.98 Å². The van der Waals surface area contributed by atoms with Crippen LogP contribution in [0.5, 0.6) is 11.5 Å². The first-order valence-corrected chi connectivity index (χ1v) is 7.05. The first-order valence-electron chi connectivity index (χ1n) is 6.27. The molecule has 0 saturated carbocycles. The lowest BCUT2D eigenvalue weighted by atomic mass is 10.2. The molecule has 0 unspecified atom stereocenters. The van der Waals surface area contributed by atoms with Crippen LogP contribution in [-0.4, -0.2) is 9.97 Å². The van der Waals surface area contributed by atoms with Crippen molar-refractivity contribution >= 4 is 39.7 Å². The van der Waals surface area contributed by atoms with Crippen molar-refractivity contribution in [2.75, 3.05) is 0 Å². The highest BCUT2D eigenvalue weighted by molar-refractivity contribution is 7.80. The highest BCUT2D eigenvalue weighted by atomic mass is 35.5. The fraction of sp³-hybridized carbons (Fsp3) is 0. The number of thiocarbonyl (C=S) groups is 1. The number of hydrogen-bond donors (Lipinski definition) is 1. The molecule has 104 valence electrons. The van der Waals surface area contributed by atoms with Gasteiger partial charge in [0.15, 0.2) is 5.75 Å². The van der Waals surface area contributed by atoms with Crippen molar-refractivity contribution in [1.29, 1.82) is 0 Å². The summed E-state index contributed by atoms with van der Waals surface area (Å²) in [7, 11) is 0. The van der Waals surface area contributed by atoms with Crippen molar-refractivity contribution in [2.24, 2.45) is 5.73 Å². The summed E-state index contributed by atoms with van der Waals surface area (Å²) in [6.45, 7) is 0. The fourth-order valence-electron chi connectivity index (χ4n) is 2.11. The number of hydrogen-bond acceptors (Lipinski definition) is 3. The molecule has 1 aromatic heterocycles. The summed E-state index contributed by atoms with van der Waals surface area (Å²) in [6, 6.07) is 14.9. The molecule has 1 heterocycles. The van der Waals surface area contributed by atoms with Crippen LogP contribution < -0.4 is 10.5 Å². The van der Waals surface area contributed by atoms with Crippen LogP contribution in [-0.2, 0) is 0 Å². The molecule has 2 N–H and O–H groups in total. The standard InChI is InChI=1S/C16H11ClN2OS/c17-11-6-2-7-12(14(11)16(18)21)20-13-8-1-4-10-5-3-9-19-15(10)13/h1-9H,(H2,18,21). The Balaban J connectivity index is 2.12. The van der Waals surface area contributed by atoms with Crippen LogP contribution >= 0.6 is 23.8 Å². The van der Waals surface area contributed by atoms with Gasteiger partial charge in [0.1, 0.15) is 16.3 Å². The van der Waals surface area contributed by atoms with Crippen LogP contribution in [0.15, 0.2) is 54.7 Å². The van der Waals surface area contributed by atoms with Crippen LogP contribution in [0.2, 0.25) is 5.02 Å². The van der Waals surface area contributed by atoms with E-state index in [-0.39, 0.29) is 4.99 Å². The highest BCUT2D eigenvalue weighted by Gasteiger charge is 2.13. The van der Waals surface area contributed by atoms with Gasteiger partial charge in [0.05, 0.1) is 10.6 Å². The molecule has 0 spiro atoms. The van der Waals surface area contributed by atoms with Gasteiger partial charge in [0, 0.05) is 11.6 Å². The third-order valence-corrected chi connectivity index (χ3v) is 3.56. The predicted molar refractivity (Wildman–Crippen MR) is 89.2 cm³/mol. The van der Waals surface area contributed by atoms with Gasteiger partial charge < -0.3 is 10.5 Å². The quantitative estimate of drug-likeness (QED) is 0.732. The average Bonchev–Trinajstić information content (AvgIpc) is 2.47. The van der Waals surface area contributed by atoms with E-state index in [9.17, 15) is 0 Å². The summed E-state index contributed by atoms with van der Waals surface area (Å²) in [4.78, 5) is 4.55. The van der Waals surface area contributed by atoms with Crippen molar-refractivity contribution in [2.45, 2.75) is 0 Å². The Kier molecular flexibility index (Phi) is 3.73. The minimum absolute atomic E-state index is 0.198. The smallest absolute Gasteiger partial charge is 0.153 e. The summed E-state index contributed by atoms with van der Waals surface area (Å²) in [5, 5.41) is 1.46. The largest absolute Gasteiger partial charge is 0.454 e. The van der Waals surface area contributed by atoms with Gasteiger partial charge in [-0.25, -0.2) is 0 Å². The summed E-state index contributed by atoms with van der Waals surface area (Å²) < 4.78 is 5.95. The van der Waals surface area contributed by atoms with Gasteiger partial charge in [0.2, 0.25) is 0 Å². The maximum atomic E-state index is 6.15. The molecular formula is C16H11ClN2OS. The SMILES string of the molecule is NC(=S)c1c(Cl)cccc1Oc1cccc2cccnc12. The Morgan fingerprint density at radius 2 is 1.76 bits per heavy atom. The zero-order valence-electron chi connectivity index (χ0n) is 10.9. The van der Waals surface area contributed by atoms with Crippen LogP contribution in [0.1, 0.15) is 5.56 Å². The molecule has 0 bridgehead atoms. The topological polar surface area (TPSA) is 48.1 Å². The molecule has 21 heavy (non-hydrogen) atoms. The second-order valence-electron chi connectivity index (χ2n) is 4.41. The number of rotatable bonds is 3. The lowest BCUT2D eigenvalue weighted by Gasteiger charge is -2.12. The third-order valence-electron chi connectivity index (χ3n) is 3.04. The van der Waals surface area contributed by atoms with Crippen LogP contribution in [0.4, 0.5) is 0 Å². The third kappa shape index (κ3) is 2.68. The van der Waals surface area contributed by atoms with E-state index in [2.05, 4.69) is 4.98 Å². The Bertz CT molecular complexity index is 830. The summed E-state index contributed by atoms with van der Waals surface area (Å²) in [5.41, 5.74) is 7.03. The minimum atomic E-state index is 0.198. The monoisotopic (exact) mass is 314 g/mol. The number of ether oxygens (including phenoxy) is 1. The first kappa shape index (κ1) is 13.8. The van der Waals surface area contributed by atoms with Gasteiger partial charge in [-0.05, 0) is 24.3 Å². The number of fused-ring (bicyclic) bond motifs is 1. The molecular weight excluding hydrogens is 304 g/mol. The van der Waals surface area contributed by atoms with Gasteiger partial charge in [-0.1, -0.05) is 48.1 Å². The number of nitrogens with two attached hydrogens (primary N) is 1. The van der Waals surface area contributed by atoms with Gasteiger partial charge >= 0.3 is 0 Å². The molecule has 0 amide bonds. The number of aromatic nitrogens is 1. The molecule has 0 radical (unpaired) electrons. The Labute approximate surface area is 132 Å². The van der Waals surface area contributed by atoms with Crippen LogP contribution in [0, 0.1) is 0 Å². The first-order chi connectivity index (χ1) is 10.2. The normalized spacial score (nSPS) is 10.5. The maximum absolute atomic E-state index is 6.15. The van der Waals surface area contributed by atoms with Crippen LogP contribution in [0.3, 0.4) is 0 Å². The molecule has 3 aromatic rings. The van der Waals surface area contributed by atoms with E-state index in [1.165, 1.54) is 0 Å². The van der Waals surface area contributed by atoms with Crippen LogP contribution in [0.25, 0.3) is 10.9 Å². The molecule has 0 aliphatic carbocycles. The zero-order chi connectivity index (χ0) is 14.8. The fourth-order valence-corrected chi connectivity index (χ4v) is 2.64.